The second-order valence-electron chi connectivity index (χ2n) is 21.6. The summed E-state index contributed by atoms with van der Waals surface area (Å²) in [7, 11) is 3.03. The maximum Gasteiger partial charge on any atom is 0.168 e. The highest BCUT2D eigenvalue weighted by atomic mass is 16.6. The van der Waals surface area contributed by atoms with E-state index in [4.69, 9.17) is 45.2 Å². The van der Waals surface area contributed by atoms with Gasteiger partial charge in [-0.05, 0) is 52.1 Å². The molecule has 0 amide bonds. The van der Waals surface area contributed by atoms with Crippen LogP contribution in [0.4, 0.5) is 11.6 Å². The number of aliphatic hydroxyl groups excluding tert-OH is 4. The number of hydrogen-bond acceptors (Lipinski definition) is 21. The number of ether oxygens (including phenoxy) is 4. The lowest BCUT2D eigenvalue weighted by molar-refractivity contribution is -0.0580. The molecule has 23 heteroatoms. The number of rotatable bonds is 22. The minimum Gasteiger partial charge on any atom is -0.387 e. The number of carbonyl (C=O) groups is 1. The quantitative estimate of drug-likeness (QED) is 0.0329. The number of nitriles is 2. The molecular weight excluding hydrogens is 1160 g/mol. The molecule has 0 saturated carbocycles. The van der Waals surface area contributed by atoms with E-state index in [1.54, 1.807) is 51.9 Å². The van der Waals surface area contributed by atoms with Crippen LogP contribution < -0.4 is 21.7 Å². The highest BCUT2D eigenvalue weighted by Gasteiger charge is 2.46. The van der Waals surface area contributed by atoms with Crippen LogP contribution >= 0.6 is 0 Å². The zero-order valence-corrected chi connectivity index (χ0v) is 50.0. The summed E-state index contributed by atoms with van der Waals surface area (Å²) >= 11 is 0. The number of carbonyl (C=O) groups excluding carboxylic acids is 1. The standard InChI is InChI=1S/C34H35N7O4.C26H30N6O4.C8H5NO/c1-44-20-27-30(42)31(43)34(45-27)41-21-38-29-32(37-18-26(24-8-4-2-5-9-24)25-10-6-3-7-11-25)39-28(40-33(29)41)19-36-17-23-14-12-22(16-35)13-15-23;1-35-14-19-22(33)23(34)26(36-19)32-15-29-21-24(30-20(12-27)31-25(21)32)28-13-18(16-8-4-2-5-9-16)17-10-6-3-7-11-17;9-5-7-1-3-8(6-10)4-2-7/h2-15,21,26-27,30-31,34,36,42-43H,17-20H2,1H3,(H,37,39,40);2-11,15,18-19,22-23,26,33-34H,12-14,27H2,1H3,(H,28,30,31);1-4,6H/t27-,30?,31?,34?;19-,22-,23-,26-;/m11./s1. The number of nitrogens with one attached hydrogen (secondary N) is 3. The number of hydrogen-bond donors (Lipinski definition) is 8. The monoisotopic (exact) mass is 1230 g/mol. The van der Waals surface area contributed by atoms with Gasteiger partial charge < -0.3 is 61.1 Å². The molecule has 2 aliphatic rings. The second-order valence-corrected chi connectivity index (χ2v) is 21.6. The Morgan fingerprint density at radius 1 is 0.549 bits per heavy atom. The van der Waals surface area contributed by atoms with E-state index in [0.717, 1.165) is 23.0 Å². The molecule has 9 N–H and O–H groups in total. The van der Waals surface area contributed by atoms with Crippen LogP contribution in [0.25, 0.3) is 22.3 Å². The number of imidazole rings is 2. The van der Waals surface area contributed by atoms with Crippen LogP contribution in [0.3, 0.4) is 0 Å². The van der Waals surface area contributed by atoms with Crippen LogP contribution in [0.1, 0.15) is 85.2 Å². The van der Waals surface area contributed by atoms with E-state index in [9.17, 15) is 25.2 Å². The minimum absolute atomic E-state index is 0.0439. The van der Waals surface area contributed by atoms with Gasteiger partial charge in [-0.3, -0.25) is 13.9 Å². The molecule has 8 atom stereocenters. The minimum atomic E-state index is -1.20. The number of methoxy groups -OCH3 is 2. The van der Waals surface area contributed by atoms with Gasteiger partial charge in [-0.1, -0.05) is 146 Å². The Morgan fingerprint density at radius 2 is 0.945 bits per heavy atom. The molecule has 4 aromatic heterocycles. The van der Waals surface area contributed by atoms with E-state index in [1.165, 1.54) is 31.7 Å². The summed E-state index contributed by atoms with van der Waals surface area (Å²) in [5.41, 5.74) is 15.3. The first-order chi connectivity index (χ1) is 44.5. The topological polar surface area (TPSA) is 332 Å². The summed E-state index contributed by atoms with van der Waals surface area (Å²) in [5.74, 6) is 2.14. The molecule has 466 valence electrons. The molecule has 10 aromatic rings. The normalized spacial score (nSPS) is 19.3. The molecule has 0 aliphatic carbocycles. The molecule has 12 rings (SSSR count). The molecular formula is C68H70N14O9. The Morgan fingerprint density at radius 3 is 1.33 bits per heavy atom. The van der Waals surface area contributed by atoms with Gasteiger partial charge in [0.15, 0.2) is 46.4 Å². The largest absolute Gasteiger partial charge is 0.387 e. The number of aromatic nitrogens is 8. The fraction of sp³-hybridized carbons (Fsp3) is 0.279. The van der Waals surface area contributed by atoms with Gasteiger partial charge in [0.05, 0.1) is 62.2 Å². The Hall–Kier alpha value is -9.73. The zero-order valence-electron chi connectivity index (χ0n) is 50.0. The Bertz CT molecular complexity index is 3950. The molecule has 23 nitrogen and oxygen atoms in total. The number of aldehydes is 1. The summed E-state index contributed by atoms with van der Waals surface area (Å²) in [6.45, 7) is 2.41. The van der Waals surface area contributed by atoms with Crippen molar-refractivity contribution in [1.82, 2.24) is 44.4 Å². The average Bonchev–Trinajstić information content (AvgIpc) is 1.85. The zero-order chi connectivity index (χ0) is 63.6. The maximum absolute atomic E-state index is 10.9. The number of fused-ring (bicyclic) bond motifs is 2. The predicted octanol–water partition coefficient (Wildman–Crippen LogP) is 6.66. The van der Waals surface area contributed by atoms with Gasteiger partial charge in [-0.25, -0.2) is 29.9 Å². The van der Waals surface area contributed by atoms with Crippen LogP contribution in [0.2, 0.25) is 0 Å². The van der Waals surface area contributed by atoms with Gasteiger partial charge in [-0.15, -0.1) is 0 Å². The molecule has 0 bridgehead atoms. The summed E-state index contributed by atoms with van der Waals surface area (Å²) in [6, 6.07) is 59.1. The van der Waals surface area contributed by atoms with Crippen LogP contribution in [0.15, 0.2) is 183 Å². The van der Waals surface area contributed by atoms with Crippen LogP contribution in [0.5, 0.6) is 0 Å². The van der Waals surface area contributed by atoms with E-state index in [1.807, 2.05) is 91.0 Å². The van der Waals surface area contributed by atoms with E-state index in [-0.39, 0.29) is 31.6 Å². The molecule has 3 unspecified atom stereocenters. The van der Waals surface area contributed by atoms with Crippen molar-refractivity contribution >= 4 is 40.2 Å². The predicted molar refractivity (Wildman–Crippen MR) is 339 cm³/mol. The summed E-state index contributed by atoms with van der Waals surface area (Å²) < 4.78 is 25.4. The van der Waals surface area contributed by atoms with Crippen molar-refractivity contribution in [2.24, 2.45) is 5.73 Å². The summed E-state index contributed by atoms with van der Waals surface area (Å²) in [5, 5.41) is 70.4. The van der Waals surface area contributed by atoms with Crippen LogP contribution in [-0.2, 0) is 38.6 Å². The fourth-order valence-electron chi connectivity index (χ4n) is 10.9. The first-order valence-corrected chi connectivity index (χ1v) is 29.5. The molecule has 2 aliphatic heterocycles. The Balaban J connectivity index is 0.000000176. The first kappa shape index (κ1) is 64.3. The number of aliphatic hydroxyl groups is 4. The van der Waals surface area contributed by atoms with Gasteiger partial charge in [0.25, 0.3) is 0 Å². The lowest BCUT2D eigenvalue weighted by Crippen LogP contribution is -2.33. The van der Waals surface area contributed by atoms with Gasteiger partial charge >= 0.3 is 0 Å². The molecule has 6 aromatic carbocycles. The fourth-order valence-corrected chi connectivity index (χ4v) is 10.9. The van der Waals surface area contributed by atoms with Crippen molar-refractivity contribution in [1.29, 1.82) is 10.5 Å². The summed E-state index contributed by atoms with van der Waals surface area (Å²) in [4.78, 5) is 38.1. The first-order valence-electron chi connectivity index (χ1n) is 29.5. The second kappa shape index (κ2) is 31.1. The number of anilines is 2. The van der Waals surface area contributed by atoms with Gasteiger partial charge in [-0.2, -0.15) is 10.5 Å². The highest BCUT2D eigenvalue weighted by molar-refractivity contribution is 5.84. The van der Waals surface area contributed by atoms with Gasteiger partial charge in [0, 0.05) is 51.3 Å². The Kier molecular flexibility index (Phi) is 22.0. The smallest absolute Gasteiger partial charge is 0.168 e. The van der Waals surface area contributed by atoms with E-state index >= 15 is 0 Å². The molecule has 6 heterocycles. The van der Waals surface area contributed by atoms with Crippen LogP contribution in [0, 0.1) is 22.7 Å². The lowest BCUT2D eigenvalue weighted by Gasteiger charge is -2.20. The van der Waals surface area contributed by atoms with E-state index < -0.39 is 49.1 Å². The van der Waals surface area contributed by atoms with Crippen molar-refractivity contribution in [2.45, 2.75) is 80.5 Å². The SMILES string of the molecule is COC[C@H]1OC(n2cnc3c(NCC(c4ccccc4)c4ccccc4)nc(CNCc4ccc(C#N)cc4)nc32)C(O)C1O.COC[C@H]1O[C@@H](n2cnc3c(NCC(c4ccccc4)c4ccccc4)nc(CN)nc32)[C@H](O)[C@@H]1O.N#Cc1ccc(C=O)cc1. The van der Waals surface area contributed by atoms with Gasteiger partial charge in [0.2, 0.25) is 0 Å². The van der Waals surface area contributed by atoms with Crippen molar-refractivity contribution in [3.05, 3.63) is 239 Å². The third kappa shape index (κ3) is 15.5. The molecule has 0 spiro atoms. The Labute approximate surface area is 525 Å². The molecule has 2 fully saturated rings. The van der Waals surface area contributed by atoms with Crippen LogP contribution in [-0.4, -0.2) is 143 Å². The number of nitrogens with zero attached hydrogens (tertiary/aromatic N) is 10. The molecule has 2 saturated heterocycles. The van der Waals surface area contributed by atoms with E-state index in [0.29, 0.717) is 88.5 Å². The molecule has 0 radical (unpaired) electrons. The van der Waals surface area contributed by atoms with Crippen molar-refractivity contribution < 1.29 is 44.2 Å². The lowest BCUT2D eigenvalue weighted by atomic mass is 9.91. The summed E-state index contributed by atoms with van der Waals surface area (Å²) in [6.07, 6.45) is -3.90. The van der Waals surface area contributed by atoms with Gasteiger partial charge in [0.1, 0.15) is 54.6 Å². The highest BCUT2D eigenvalue weighted by Crippen LogP contribution is 2.36. The van der Waals surface area contributed by atoms with Crippen molar-refractivity contribution in [3.8, 4) is 12.1 Å². The number of nitrogens with two attached hydrogens (primary N) is 1. The van der Waals surface area contributed by atoms with Crippen molar-refractivity contribution in [3.63, 3.8) is 0 Å². The molecule has 91 heavy (non-hydrogen) atoms. The average molecular weight is 1230 g/mol. The number of benzene rings is 6. The third-order valence-corrected chi connectivity index (χ3v) is 15.6. The third-order valence-electron chi connectivity index (χ3n) is 15.6. The maximum atomic E-state index is 10.9. The van der Waals surface area contributed by atoms with Crippen molar-refractivity contribution in [2.75, 3.05) is 51.2 Å². The van der Waals surface area contributed by atoms with E-state index in [2.05, 4.69) is 90.5 Å².